The second-order valence-electron chi connectivity index (χ2n) is 2.84. The minimum atomic E-state index is 0.489. The maximum absolute atomic E-state index is 5.74. The van der Waals surface area contributed by atoms with Gasteiger partial charge in [0.05, 0.1) is 0 Å². The molecule has 0 aromatic rings. The number of hydrogen-bond acceptors (Lipinski definition) is 4. The Bertz CT molecular complexity index is 340. The number of oxime groups is 1. The van der Waals surface area contributed by atoms with Crippen LogP contribution in [0.5, 0.6) is 0 Å². The number of rotatable bonds is 5. The van der Waals surface area contributed by atoms with Crippen LogP contribution >= 0.6 is 0 Å². The molecule has 0 saturated carbocycles. The predicted molar refractivity (Wildman–Crippen MR) is 68.8 cm³/mol. The van der Waals surface area contributed by atoms with E-state index in [1.54, 1.807) is 32.2 Å². The first-order valence-electron chi connectivity index (χ1n) is 4.95. The van der Waals surface area contributed by atoms with Crippen LogP contribution < -0.4 is 5.73 Å². The van der Waals surface area contributed by atoms with Gasteiger partial charge in [0.25, 0.3) is 0 Å². The average Bonchev–Trinajstić information content (AvgIpc) is 2.25. The number of amidine groups is 1. The highest BCUT2D eigenvalue weighted by Gasteiger charge is 1.93. The average molecular weight is 222 g/mol. The Morgan fingerprint density at radius 3 is 2.62 bits per heavy atom. The van der Waals surface area contributed by atoms with Gasteiger partial charge in [-0.15, -0.1) is 0 Å². The van der Waals surface area contributed by atoms with Gasteiger partial charge in [-0.1, -0.05) is 5.16 Å². The normalized spacial score (nSPS) is 14.3. The topological polar surface area (TPSA) is 72.3 Å². The minimum Gasteiger partial charge on any atom is -0.399 e. The van der Waals surface area contributed by atoms with E-state index in [0.29, 0.717) is 23.8 Å². The van der Waals surface area contributed by atoms with Gasteiger partial charge in [0.2, 0.25) is 0 Å². The summed E-state index contributed by atoms with van der Waals surface area (Å²) in [6, 6.07) is 0. The molecule has 0 aliphatic rings. The zero-order valence-electron chi connectivity index (χ0n) is 9.97. The molecule has 5 heteroatoms. The highest BCUT2D eigenvalue weighted by Crippen LogP contribution is 2.00. The van der Waals surface area contributed by atoms with Crippen LogP contribution in [0, 0.1) is 0 Å². The highest BCUT2D eigenvalue weighted by molar-refractivity contribution is 5.96. The van der Waals surface area contributed by atoms with Gasteiger partial charge < -0.3 is 10.6 Å². The number of nitrogens with zero attached hydrogens (tertiary/aromatic N) is 3. The molecule has 0 aromatic heterocycles. The largest absolute Gasteiger partial charge is 0.399 e. The first kappa shape index (κ1) is 14.1. The van der Waals surface area contributed by atoms with Gasteiger partial charge in [-0.3, -0.25) is 4.99 Å². The van der Waals surface area contributed by atoms with E-state index in [2.05, 4.69) is 21.9 Å². The van der Waals surface area contributed by atoms with E-state index in [1.807, 2.05) is 6.92 Å². The molecule has 5 nitrogen and oxygen atoms in total. The van der Waals surface area contributed by atoms with Gasteiger partial charge in [-0.05, 0) is 27.5 Å². The first-order chi connectivity index (χ1) is 7.63. The van der Waals surface area contributed by atoms with E-state index in [-0.39, 0.29) is 0 Å². The van der Waals surface area contributed by atoms with Crippen LogP contribution in [-0.4, -0.2) is 25.3 Å². The third kappa shape index (κ3) is 6.53. The summed E-state index contributed by atoms with van der Waals surface area (Å²) < 4.78 is 0. The summed E-state index contributed by atoms with van der Waals surface area (Å²) in [4.78, 5) is 12.8. The lowest BCUT2D eigenvalue weighted by molar-refractivity contribution is 0.231. The van der Waals surface area contributed by atoms with Crippen molar-refractivity contribution in [3.63, 3.8) is 0 Å². The monoisotopic (exact) mass is 222 g/mol. The molecule has 16 heavy (non-hydrogen) atoms. The third-order valence-corrected chi connectivity index (χ3v) is 1.45. The van der Waals surface area contributed by atoms with Crippen LogP contribution in [0.4, 0.5) is 0 Å². The Morgan fingerprint density at radius 2 is 2.12 bits per heavy atom. The van der Waals surface area contributed by atoms with Gasteiger partial charge in [-0.2, -0.15) is 0 Å². The van der Waals surface area contributed by atoms with Gasteiger partial charge in [0, 0.05) is 30.6 Å². The van der Waals surface area contributed by atoms with E-state index < -0.39 is 0 Å². The smallest absolute Gasteiger partial charge is 0.148 e. The van der Waals surface area contributed by atoms with Gasteiger partial charge in [0.1, 0.15) is 11.6 Å². The zero-order valence-corrected chi connectivity index (χ0v) is 9.97. The van der Waals surface area contributed by atoms with E-state index in [4.69, 9.17) is 10.6 Å². The quantitative estimate of drug-likeness (QED) is 0.253. The molecule has 2 N–H and O–H groups in total. The molecular weight excluding hydrogens is 204 g/mol. The molecule has 0 saturated heterocycles. The Kier molecular flexibility index (Phi) is 7.40. The fourth-order valence-corrected chi connectivity index (χ4v) is 0.891. The predicted octanol–water partition coefficient (Wildman–Crippen LogP) is 1.87. The Balaban J connectivity index is 4.65. The third-order valence-electron chi connectivity index (χ3n) is 1.45. The molecule has 0 spiro atoms. The van der Waals surface area contributed by atoms with E-state index >= 15 is 0 Å². The van der Waals surface area contributed by atoms with Crippen molar-refractivity contribution in [3.8, 4) is 0 Å². The van der Waals surface area contributed by atoms with Crippen LogP contribution in [-0.2, 0) is 4.84 Å². The lowest BCUT2D eigenvalue weighted by Crippen LogP contribution is -2.00. The van der Waals surface area contributed by atoms with Crippen LogP contribution in [0.2, 0.25) is 0 Å². The number of aliphatic imine (C=N–C) groups is 2. The Labute approximate surface area is 96.1 Å². The summed E-state index contributed by atoms with van der Waals surface area (Å²) in [5, 5.41) is 3.62. The fourth-order valence-electron chi connectivity index (χ4n) is 0.891. The summed E-state index contributed by atoms with van der Waals surface area (Å²) in [6.45, 7) is 9.47. The number of hydrogen-bond donors (Lipinski definition) is 1. The molecule has 0 rings (SSSR count). The summed E-state index contributed by atoms with van der Waals surface area (Å²) in [5.41, 5.74) is 6.23. The molecule has 88 valence electrons. The lowest BCUT2D eigenvalue weighted by Gasteiger charge is -1.98. The van der Waals surface area contributed by atoms with Crippen molar-refractivity contribution < 1.29 is 4.84 Å². The molecule has 0 aliphatic carbocycles. The molecule has 0 radical (unpaired) electrons. The van der Waals surface area contributed by atoms with Crippen LogP contribution in [0.3, 0.4) is 0 Å². The van der Waals surface area contributed by atoms with Crippen LogP contribution in [0.1, 0.15) is 20.8 Å². The summed E-state index contributed by atoms with van der Waals surface area (Å²) in [6.07, 6.45) is 4.81. The van der Waals surface area contributed by atoms with Crippen molar-refractivity contribution in [1.82, 2.24) is 0 Å². The summed E-state index contributed by atoms with van der Waals surface area (Å²) in [7, 11) is 0. The van der Waals surface area contributed by atoms with E-state index in [0.717, 1.165) is 0 Å². The molecular formula is C11H18N4O. The molecule has 0 atom stereocenters. The standard InChI is InChI=1S/C11H18N4O/c1-5-14-11(13-4)8-10(12)7-9(3)16-15-6-2/h6-8H,4-5,12H2,1-3H3/b9-7+,10-8?,14-11?,15-6+. The lowest BCUT2D eigenvalue weighted by atomic mass is 10.3. The second-order valence-corrected chi connectivity index (χ2v) is 2.84. The van der Waals surface area contributed by atoms with Crippen molar-refractivity contribution in [2.75, 3.05) is 6.54 Å². The second kappa shape index (κ2) is 8.40. The highest BCUT2D eigenvalue weighted by atomic mass is 16.6. The summed E-state index contributed by atoms with van der Waals surface area (Å²) >= 11 is 0. The van der Waals surface area contributed by atoms with Crippen molar-refractivity contribution in [1.29, 1.82) is 0 Å². The molecule has 0 bridgehead atoms. The van der Waals surface area contributed by atoms with Crippen LogP contribution in [0.15, 0.2) is 38.7 Å². The number of nitrogens with two attached hydrogens (primary N) is 1. The first-order valence-corrected chi connectivity index (χ1v) is 4.95. The molecule has 0 heterocycles. The van der Waals surface area contributed by atoms with Gasteiger partial charge in [0.15, 0.2) is 0 Å². The van der Waals surface area contributed by atoms with Crippen molar-refractivity contribution in [3.05, 3.63) is 23.6 Å². The van der Waals surface area contributed by atoms with Crippen molar-refractivity contribution >= 4 is 18.8 Å². The van der Waals surface area contributed by atoms with Crippen molar-refractivity contribution in [2.24, 2.45) is 20.9 Å². The molecule has 0 unspecified atom stereocenters. The Hall–Kier alpha value is -1.91. The fraction of sp³-hybridized carbons (Fsp3) is 0.364. The maximum atomic E-state index is 5.74. The maximum Gasteiger partial charge on any atom is 0.148 e. The Morgan fingerprint density at radius 1 is 1.44 bits per heavy atom. The van der Waals surface area contributed by atoms with Gasteiger partial charge in [-0.25, -0.2) is 4.99 Å². The molecule has 0 amide bonds. The molecule has 0 aliphatic heterocycles. The molecule has 0 fully saturated rings. The SMILES string of the molecule is C=NC(C=C(N)/C=C(\C)O/N=C/C)=NCC. The zero-order chi connectivity index (χ0) is 12.4. The van der Waals surface area contributed by atoms with Gasteiger partial charge >= 0.3 is 0 Å². The number of allylic oxidation sites excluding steroid dienone is 2. The van der Waals surface area contributed by atoms with Crippen molar-refractivity contribution in [2.45, 2.75) is 20.8 Å². The minimum absolute atomic E-state index is 0.489. The van der Waals surface area contributed by atoms with E-state index in [1.165, 1.54) is 0 Å². The van der Waals surface area contributed by atoms with E-state index in [9.17, 15) is 0 Å². The van der Waals surface area contributed by atoms with Crippen LogP contribution in [0.25, 0.3) is 0 Å². The summed E-state index contributed by atoms with van der Waals surface area (Å²) in [5.74, 6) is 1.09. The molecule has 0 aromatic carbocycles.